The minimum atomic E-state index is -1.38. The van der Waals surface area contributed by atoms with Gasteiger partial charge in [-0.2, -0.15) is 0 Å². The van der Waals surface area contributed by atoms with Crippen molar-refractivity contribution >= 4 is 0 Å². The third kappa shape index (κ3) is 3.23. The Morgan fingerprint density at radius 3 is 2.08 bits per heavy atom. The number of nitrogens with one attached hydrogen (secondary N) is 1. The number of benzene rings is 2. The van der Waals surface area contributed by atoms with E-state index in [1.165, 1.54) is 0 Å². The molecule has 1 aliphatic rings. The average Bonchev–Trinajstić information content (AvgIpc) is 2.64. The van der Waals surface area contributed by atoms with Gasteiger partial charge >= 0.3 is 0 Å². The van der Waals surface area contributed by atoms with Crippen LogP contribution >= 0.6 is 0 Å². The summed E-state index contributed by atoms with van der Waals surface area (Å²) in [5, 5.41) is 12.5. The number of hydrazine groups is 1. The van der Waals surface area contributed by atoms with Crippen LogP contribution in [-0.4, -0.2) is 22.0 Å². The first kappa shape index (κ1) is 18.5. The van der Waals surface area contributed by atoms with Crippen molar-refractivity contribution < 1.29 is 4.92 Å². The second-order valence-electron chi connectivity index (χ2n) is 7.27. The van der Waals surface area contributed by atoms with Crippen molar-refractivity contribution in [2.45, 2.75) is 49.2 Å². The van der Waals surface area contributed by atoms with Gasteiger partial charge in [0, 0.05) is 11.3 Å². The van der Waals surface area contributed by atoms with Gasteiger partial charge in [0.2, 0.25) is 0 Å². The summed E-state index contributed by atoms with van der Waals surface area (Å²) in [6.45, 7) is 0. The van der Waals surface area contributed by atoms with E-state index in [0.717, 1.165) is 17.5 Å². The summed E-state index contributed by atoms with van der Waals surface area (Å²) in [4.78, 5) is 12.3. The minimum Gasteiger partial charge on any atom is -0.319 e. The summed E-state index contributed by atoms with van der Waals surface area (Å²) in [5.74, 6) is 5.77. The van der Waals surface area contributed by atoms with Crippen molar-refractivity contribution in [1.29, 1.82) is 0 Å². The molecule has 3 unspecified atom stereocenters. The van der Waals surface area contributed by atoms with E-state index in [4.69, 9.17) is 11.6 Å². The Bertz CT molecular complexity index is 740. The molecule has 0 aliphatic heterocycles. The molecule has 0 heterocycles. The highest BCUT2D eigenvalue weighted by Crippen LogP contribution is 2.42. The maximum Gasteiger partial charge on any atom is 0.260 e. The summed E-state index contributed by atoms with van der Waals surface area (Å²) in [6.07, 6.45) is 2.73. The zero-order valence-corrected chi connectivity index (χ0v) is 14.8. The maximum absolute atomic E-state index is 12.5. The molecule has 0 bridgehead atoms. The fourth-order valence-electron chi connectivity index (χ4n) is 4.43. The molecule has 3 atom stereocenters. The van der Waals surface area contributed by atoms with E-state index >= 15 is 0 Å². The molecule has 1 saturated carbocycles. The molecule has 26 heavy (non-hydrogen) atoms. The van der Waals surface area contributed by atoms with Gasteiger partial charge in [-0.05, 0) is 36.8 Å². The molecule has 5 N–H and O–H groups in total. The molecule has 2 aromatic rings. The van der Waals surface area contributed by atoms with Gasteiger partial charge in [-0.15, -0.1) is 0 Å². The molecule has 6 heteroatoms. The Morgan fingerprint density at radius 2 is 1.58 bits per heavy atom. The lowest BCUT2D eigenvalue weighted by atomic mass is 9.60. The number of hydrogen-bond acceptors (Lipinski definition) is 5. The van der Waals surface area contributed by atoms with E-state index in [1.54, 1.807) is 0 Å². The zero-order chi connectivity index (χ0) is 18.6. The predicted molar refractivity (Wildman–Crippen MR) is 102 cm³/mol. The van der Waals surface area contributed by atoms with Crippen molar-refractivity contribution in [1.82, 2.24) is 5.43 Å². The van der Waals surface area contributed by atoms with Gasteiger partial charge in [-0.3, -0.25) is 21.4 Å². The van der Waals surface area contributed by atoms with Crippen LogP contribution in [0.5, 0.6) is 0 Å². The molecule has 1 fully saturated rings. The van der Waals surface area contributed by atoms with Gasteiger partial charge in [-0.1, -0.05) is 60.7 Å². The van der Waals surface area contributed by atoms with Crippen LogP contribution in [0.3, 0.4) is 0 Å². The van der Waals surface area contributed by atoms with Crippen LogP contribution in [0.1, 0.15) is 30.4 Å². The molecule has 0 spiro atoms. The Hall–Kier alpha value is -2.28. The van der Waals surface area contributed by atoms with Crippen molar-refractivity contribution in [3.8, 4) is 0 Å². The molecule has 0 radical (unpaired) electrons. The lowest BCUT2D eigenvalue weighted by molar-refractivity contribution is -0.591. The van der Waals surface area contributed by atoms with E-state index in [-0.39, 0.29) is 11.3 Å². The maximum atomic E-state index is 12.5. The third-order valence-corrected chi connectivity index (χ3v) is 5.76. The molecule has 138 valence electrons. The number of nitro groups is 1. The standard InChI is InChI=1S/C20H26N4O2/c21-19(14-16-8-3-1-4-9-16)13-7-12-18(23-22)20(19,24(25)26)15-17-10-5-2-6-11-17/h1-6,8-11,18,23H,7,12-15,21-22H2. The first-order chi connectivity index (χ1) is 12.5. The van der Waals surface area contributed by atoms with Crippen LogP contribution in [0.15, 0.2) is 60.7 Å². The van der Waals surface area contributed by atoms with Crippen LogP contribution in [0, 0.1) is 10.1 Å². The fraction of sp³-hybridized carbons (Fsp3) is 0.400. The van der Waals surface area contributed by atoms with E-state index in [2.05, 4.69) is 5.43 Å². The molecular formula is C20H26N4O2. The SMILES string of the molecule is NNC1CCCC(N)(Cc2ccccc2)C1(Cc1ccccc1)[N+](=O)[O-]. The number of nitrogens with two attached hydrogens (primary N) is 2. The lowest BCUT2D eigenvalue weighted by Gasteiger charge is -2.49. The van der Waals surface area contributed by atoms with Crippen molar-refractivity contribution in [3.05, 3.63) is 81.9 Å². The summed E-state index contributed by atoms with van der Waals surface area (Å²) in [6, 6.07) is 18.8. The van der Waals surface area contributed by atoms with Crippen molar-refractivity contribution in [3.63, 3.8) is 0 Å². The highest BCUT2D eigenvalue weighted by atomic mass is 16.6. The second kappa shape index (κ2) is 7.53. The molecule has 2 aromatic carbocycles. The van der Waals surface area contributed by atoms with Gasteiger partial charge < -0.3 is 5.73 Å². The van der Waals surface area contributed by atoms with E-state index in [1.807, 2.05) is 60.7 Å². The summed E-state index contributed by atoms with van der Waals surface area (Å²) < 4.78 is 0. The van der Waals surface area contributed by atoms with Crippen LogP contribution < -0.4 is 17.0 Å². The molecule has 3 rings (SSSR count). The van der Waals surface area contributed by atoms with Gasteiger partial charge in [0.15, 0.2) is 0 Å². The first-order valence-electron chi connectivity index (χ1n) is 8.99. The van der Waals surface area contributed by atoms with Gasteiger partial charge in [0.25, 0.3) is 5.54 Å². The largest absolute Gasteiger partial charge is 0.319 e. The molecule has 6 nitrogen and oxygen atoms in total. The number of rotatable bonds is 6. The Morgan fingerprint density at radius 1 is 1.04 bits per heavy atom. The normalized spacial score (nSPS) is 28.6. The zero-order valence-electron chi connectivity index (χ0n) is 14.8. The van der Waals surface area contributed by atoms with Crippen LogP contribution in [0.2, 0.25) is 0 Å². The summed E-state index contributed by atoms with van der Waals surface area (Å²) in [5.41, 5.74) is 9.09. The number of nitrogens with zero attached hydrogens (tertiary/aromatic N) is 1. The van der Waals surface area contributed by atoms with E-state index in [9.17, 15) is 10.1 Å². The smallest absolute Gasteiger partial charge is 0.260 e. The topological polar surface area (TPSA) is 107 Å². The van der Waals surface area contributed by atoms with Crippen LogP contribution in [0.4, 0.5) is 0 Å². The van der Waals surface area contributed by atoms with Crippen LogP contribution in [0.25, 0.3) is 0 Å². The van der Waals surface area contributed by atoms with Gasteiger partial charge in [0.1, 0.15) is 0 Å². The quantitative estimate of drug-likeness (QED) is 0.419. The van der Waals surface area contributed by atoms with E-state index in [0.29, 0.717) is 19.3 Å². The second-order valence-corrected chi connectivity index (χ2v) is 7.27. The van der Waals surface area contributed by atoms with Gasteiger partial charge in [-0.25, -0.2) is 0 Å². The molecular weight excluding hydrogens is 328 g/mol. The highest BCUT2D eigenvalue weighted by Gasteiger charge is 2.65. The molecule has 0 amide bonds. The summed E-state index contributed by atoms with van der Waals surface area (Å²) >= 11 is 0. The Kier molecular flexibility index (Phi) is 5.36. The van der Waals surface area contributed by atoms with Crippen molar-refractivity contribution in [2.75, 3.05) is 0 Å². The minimum absolute atomic E-state index is 0.188. The monoisotopic (exact) mass is 354 g/mol. The lowest BCUT2D eigenvalue weighted by Crippen LogP contribution is -2.77. The Labute approximate surface area is 153 Å². The fourth-order valence-corrected chi connectivity index (χ4v) is 4.43. The number of hydrogen-bond donors (Lipinski definition) is 3. The average molecular weight is 354 g/mol. The van der Waals surface area contributed by atoms with Crippen molar-refractivity contribution in [2.24, 2.45) is 11.6 Å². The van der Waals surface area contributed by atoms with Crippen LogP contribution in [-0.2, 0) is 12.8 Å². The molecule has 1 aliphatic carbocycles. The van der Waals surface area contributed by atoms with Gasteiger partial charge in [0.05, 0.1) is 11.6 Å². The molecule has 0 saturated heterocycles. The molecule has 0 aromatic heterocycles. The highest BCUT2D eigenvalue weighted by molar-refractivity contribution is 5.27. The summed E-state index contributed by atoms with van der Waals surface area (Å²) in [7, 11) is 0. The van der Waals surface area contributed by atoms with E-state index < -0.39 is 17.1 Å². The first-order valence-corrected chi connectivity index (χ1v) is 8.99. The Balaban J connectivity index is 2.07. The predicted octanol–water partition coefficient (Wildman–Crippen LogP) is 2.20. The third-order valence-electron chi connectivity index (χ3n) is 5.76.